The Balaban J connectivity index is 1.41. The second-order valence-corrected chi connectivity index (χ2v) is 9.17. The number of hydrogen-bond acceptors (Lipinski definition) is 5. The number of piperazine rings is 1. The Labute approximate surface area is 159 Å². The Morgan fingerprint density at radius 1 is 0.852 bits per heavy atom. The van der Waals surface area contributed by atoms with E-state index in [2.05, 4.69) is 4.90 Å². The number of hydrogen-bond donors (Lipinski definition) is 0. The first kappa shape index (κ1) is 18.7. The van der Waals surface area contributed by atoms with Crippen LogP contribution in [0.4, 0.5) is 0 Å². The number of benzene rings is 1. The van der Waals surface area contributed by atoms with E-state index in [1.165, 1.54) is 0 Å². The van der Waals surface area contributed by atoms with E-state index in [1.54, 1.807) is 19.2 Å². The van der Waals surface area contributed by atoms with Crippen LogP contribution in [0, 0.1) is 0 Å². The van der Waals surface area contributed by atoms with Gasteiger partial charge in [-0.2, -0.15) is 17.0 Å². The van der Waals surface area contributed by atoms with Crippen LogP contribution in [0.15, 0.2) is 33.5 Å². The third-order valence-corrected chi connectivity index (χ3v) is 7.50. The third-order valence-electron chi connectivity index (χ3n) is 5.46. The normalized spacial score (nSPS) is 21.5. The average Bonchev–Trinajstić information content (AvgIpc) is 2.85. The molecule has 0 unspecified atom stereocenters. The van der Waals surface area contributed by atoms with Crippen molar-refractivity contribution in [3.63, 3.8) is 0 Å². The van der Waals surface area contributed by atoms with E-state index in [1.807, 2.05) is 18.2 Å². The summed E-state index contributed by atoms with van der Waals surface area (Å²) in [5.41, 5.74) is 1.34. The van der Waals surface area contributed by atoms with E-state index in [9.17, 15) is 13.2 Å². The smallest absolute Gasteiger partial charge is 0.408 e. The molecular formula is C18H26N4O4S. The molecule has 0 saturated carbocycles. The van der Waals surface area contributed by atoms with E-state index in [0.717, 1.165) is 31.2 Å². The van der Waals surface area contributed by atoms with Crippen molar-refractivity contribution in [3.05, 3.63) is 34.8 Å². The van der Waals surface area contributed by atoms with E-state index < -0.39 is 10.2 Å². The molecule has 2 saturated heterocycles. The Morgan fingerprint density at radius 2 is 1.48 bits per heavy atom. The van der Waals surface area contributed by atoms with Gasteiger partial charge >= 0.3 is 5.76 Å². The molecule has 0 bridgehead atoms. The lowest BCUT2D eigenvalue weighted by Gasteiger charge is -2.36. The highest BCUT2D eigenvalue weighted by Crippen LogP contribution is 2.19. The molecular weight excluding hydrogens is 368 g/mol. The van der Waals surface area contributed by atoms with Crippen LogP contribution in [0.25, 0.3) is 11.1 Å². The van der Waals surface area contributed by atoms with Gasteiger partial charge in [-0.15, -0.1) is 0 Å². The molecule has 148 valence electrons. The zero-order valence-electron chi connectivity index (χ0n) is 15.4. The number of nitrogens with zero attached hydrogens (tertiary/aromatic N) is 4. The maximum absolute atomic E-state index is 12.9. The average molecular weight is 394 g/mol. The van der Waals surface area contributed by atoms with Crippen molar-refractivity contribution in [2.24, 2.45) is 0 Å². The SMILES string of the molecule is O=c1oc2ccccc2n1CN1CCN(S(=O)(=O)N2CCCCCC2)CC1. The summed E-state index contributed by atoms with van der Waals surface area (Å²) in [5.74, 6) is -0.379. The molecule has 0 atom stereocenters. The van der Waals surface area contributed by atoms with Crippen LogP contribution < -0.4 is 5.76 Å². The van der Waals surface area contributed by atoms with Gasteiger partial charge in [0, 0.05) is 39.3 Å². The molecule has 2 aromatic rings. The van der Waals surface area contributed by atoms with E-state index in [-0.39, 0.29) is 5.76 Å². The van der Waals surface area contributed by atoms with Gasteiger partial charge in [-0.1, -0.05) is 25.0 Å². The van der Waals surface area contributed by atoms with E-state index in [0.29, 0.717) is 51.5 Å². The number of oxazole rings is 1. The molecule has 2 aliphatic heterocycles. The molecule has 2 fully saturated rings. The Morgan fingerprint density at radius 3 is 2.19 bits per heavy atom. The van der Waals surface area contributed by atoms with Crippen LogP contribution in [0.5, 0.6) is 0 Å². The number of rotatable bonds is 4. The van der Waals surface area contributed by atoms with Gasteiger partial charge in [0.25, 0.3) is 10.2 Å². The monoisotopic (exact) mass is 394 g/mol. The van der Waals surface area contributed by atoms with E-state index >= 15 is 0 Å². The number of para-hydroxylation sites is 2. The summed E-state index contributed by atoms with van der Waals surface area (Å²) < 4.78 is 35.9. The van der Waals surface area contributed by atoms with Gasteiger partial charge < -0.3 is 4.42 Å². The van der Waals surface area contributed by atoms with Crippen LogP contribution in [0.1, 0.15) is 25.7 Å². The predicted octanol–water partition coefficient (Wildman–Crippen LogP) is 1.29. The fraction of sp³-hybridized carbons (Fsp3) is 0.611. The minimum absolute atomic E-state index is 0.379. The molecule has 0 N–H and O–H groups in total. The molecule has 27 heavy (non-hydrogen) atoms. The maximum Gasteiger partial charge on any atom is 0.421 e. The molecule has 1 aromatic carbocycles. The van der Waals surface area contributed by atoms with Gasteiger partial charge in [0.1, 0.15) is 0 Å². The lowest BCUT2D eigenvalue weighted by Crippen LogP contribution is -2.53. The zero-order valence-corrected chi connectivity index (χ0v) is 16.2. The fourth-order valence-corrected chi connectivity index (χ4v) is 5.56. The van der Waals surface area contributed by atoms with Crippen molar-refractivity contribution >= 4 is 21.3 Å². The molecule has 9 heteroatoms. The second-order valence-electron chi connectivity index (χ2n) is 7.24. The van der Waals surface area contributed by atoms with Crippen LogP contribution in [0.2, 0.25) is 0 Å². The first-order valence-electron chi connectivity index (χ1n) is 9.62. The summed E-state index contributed by atoms with van der Waals surface area (Å²) in [6, 6.07) is 7.35. The standard InChI is InChI=1S/C18H26N4O4S/c23-18-22(16-7-3-4-8-17(16)26-18)15-19-11-13-21(14-12-19)27(24,25)20-9-5-1-2-6-10-20/h3-4,7-8H,1-2,5-6,9-15H2. The Kier molecular flexibility index (Phi) is 5.36. The third kappa shape index (κ3) is 3.82. The van der Waals surface area contributed by atoms with Crippen molar-refractivity contribution in [1.29, 1.82) is 0 Å². The molecule has 0 radical (unpaired) electrons. The quantitative estimate of drug-likeness (QED) is 0.781. The van der Waals surface area contributed by atoms with Crippen molar-refractivity contribution in [1.82, 2.24) is 18.1 Å². The molecule has 0 spiro atoms. The fourth-order valence-electron chi connectivity index (χ4n) is 3.89. The first-order valence-corrected chi connectivity index (χ1v) is 11.0. The van der Waals surface area contributed by atoms with Gasteiger partial charge in [0.05, 0.1) is 12.2 Å². The number of fused-ring (bicyclic) bond motifs is 1. The molecule has 0 aliphatic carbocycles. The van der Waals surface area contributed by atoms with Gasteiger partial charge in [-0.25, -0.2) is 4.79 Å². The summed E-state index contributed by atoms with van der Waals surface area (Å²) in [6.07, 6.45) is 4.09. The summed E-state index contributed by atoms with van der Waals surface area (Å²) in [6.45, 7) is 3.75. The summed E-state index contributed by atoms with van der Waals surface area (Å²) in [5, 5.41) is 0. The highest BCUT2D eigenvalue weighted by Gasteiger charge is 2.32. The zero-order chi connectivity index (χ0) is 18.9. The molecule has 0 amide bonds. The summed E-state index contributed by atoms with van der Waals surface area (Å²) in [4.78, 5) is 14.2. The van der Waals surface area contributed by atoms with Crippen LogP contribution in [-0.4, -0.2) is 65.8 Å². The van der Waals surface area contributed by atoms with Crippen LogP contribution in [0.3, 0.4) is 0 Å². The first-order chi connectivity index (χ1) is 13.1. The Bertz CT molecular complexity index is 936. The van der Waals surface area contributed by atoms with Crippen molar-refractivity contribution in [3.8, 4) is 0 Å². The van der Waals surface area contributed by atoms with E-state index in [4.69, 9.17) is 4.42 Å². The minimum atomic E-state index is -3.38. The maximum atomic E-state index is 12.9. The highest BCUT2D eigenvalue weighted by molar-refractivity contribution is 7.86. The molecule has 4 rings (SSSR count). The summed E-state index contributed by atoms with van der Waals surface area (Å²) >= 11 is 0. The van der Waals surface area contributed by atoms with Crippen molar-refractivity contribution < 1.29 is 12.8 Å². The minimum Gasteiger partial charge on any atom is -0.408 e. The van der Waals surface area contributed by atoms with Crippen LogP contribution >= 0.6 is 0 Å². The van der Waals surface area contributed by atoms with Gasteiger partial charge in [0.2, 0.25) is 0 Å². The highest BCUT2D eigenvalue weighted by atomic mass is 32.2. The second kappa shape index (κ2) is 7.75. The van der Waals surface area contributed by atoms with Crippen molar-refractivity contribution in [2.75, 3.05) is 39.3 Å². The van der Waals surface area contributed by atoms with Crippen LogP contribution in [-0.2, 0) is 16.9 Å². The largest absolute Gasteiger partial charge is 0.421 e. The van der Waals surface area contributed by atoms with Gasteiger partial charge in [0.15, 0.2) is 5.58 Å². The lowest BCUT2D eigenvalue weighted by atomic mass is 10.2. The van der Waals surface area contributed by atoms with Crippen molar-refractivity contribution in [2.45, 2.75) is 32.4 Å². The lowest BCUT2D eigenvalue weighted by molar-refractivity contribution is 0.145. The molecule has 3 heterocycles. The topological polar surface area (TPSA) is 79.0 Å². The Hall–Kier alpha value is -1.68. The molecule has 1 aromatic heterocycles. The number of aromatic nitrogens is 1. The van der Waals surface area contributed by atoms with Gasteiger partial charge in [-0.05, 0) is 25.0 Å². The summed E-state index contributed by atoms with van der Waals surface area (Å²) in [7, 11) is -3.38. The van der Waals surface area contributed by atoms with Gasteiger partial charge in [-0.3, -0.25) is 9.47 Å². The molecule has 2 aliphatic rings. The molecule has 8 nitrogen and oxygen atoms in total. The predicted molar refractivity (Wildman–Crippen MR) is 103 cm³/mol.